The number of hydrogen-bond donors (Lipinski definition) is 2. The average molecular weight is 308 g/mol. The number of anilines is 1. The molecule has 0 aromatic carbocycles. The first-order chi connectivity index (χ1) is 10.2. The van der Waals surface area contributed by atoms with Crippen molar-refractivity contribution in [3.05, 3.63) is 12.4 Å². The molecule has 0 radical (unpaired) electrons. The number of hydrogen-bond acceptors (Lipinski definition) is 4. The van der Waals surface area contributed by atoms with Gasteiger partial charge in [-0.3, -0.25) is 19.1 Å². The first-order valence-corrected chi connectivity index (χ1v) is 7.03. The minimum atomic E-state index is -1.16. The number of aromatic nitrogens is 2. The lowest BCUT2D eigenvalue weighted by Crippen LogP contribution is -2.43. The number of nitrogens with zero attached hydrogens (tertiary/aromatic N) is 3. The second kappa shape index (κ2) is 5.78. The SMILES string of the molecule is Cn1cc(N2CCC(NC(=O)CC(C)(C)C(=O)O)C2=O)cn1. The number of amides is 2. The standard InChI is InChI=1S/C14H20N4O4/c1-14(2,13(21)22)6-11(19)16-10-4-5-18(12(10)20)9-7-15-17(3)8-9/h7-8,10H,4-6H2,1-3H3,(H,16,19)(H,21,22). The van der Waals surface area contributed by atoms with Gasteiger partial charge in [0, 0.05) is 26.2 Å². The molecule has 2 heterocycles. The second-order valence-electron chi connectivity index (χ2n) is 6.14. The van der Waals surface area contributed by atoms with Gasteiger partial charge in [0.15, 0.2) is 0 Å². The van der Waals surface area contributed by atoms with Gasteiger partial charge in [0.2, 0.25) is 11.8 Å². The first kappa shape index (κ1) is 16.0. The Morgan fingerprint density at radius 2 is 2.18 bits per heavy atom. The molecule has 0 bridgehead atoms. The molecule has 0 saturated carbocycles. The molecule has 1 aliphatic heterocycles. The fourth-order valence-electron chi connectivity index (χ4n) is 2.34. The minimum Gasteiger partial charge on any atom is -0.481 e. The summed E-state index contributed by atoms with van der Waals surface area (Å²) in [7, 11) is 1.76. The van der Waals surface area contributed by atoms with Crippen LogP contribution in [0.15, 0.2) is 12.4 Å². The van der Waals surface area contributed by atoms with Crippen molar-refractivity contribution >= 4 is 23.5 Å². The molecule has 2 N–H and O–H groups in total. The Morgan fingerprint density at radius 1 is 1.50 bits per heavy atom. The molecule has 1 aromatic rings. The van der Waals surface area contributed by atoms with Gasteiger partial charge in [-0.15, -0.1) is 0 Å². The number of carbonyl (C=O) groups is 3. The highest BCUT2D eigenvalue weighted by molar-refractivity contribution is 6.01. The monoisotopic (exact) mass is 308 g/mol. The van der Waals surface area contributed by atoms with Crippen LogP contribution in [0.5, 0.6) is 0 Å². The van der Waals surface area contributed by atoms with E-state index in [2.05, 4.69) is 10.4 Å². The number of aryl methyl sites for hydroxylation is 1. The van der Waals surface area contributed by atoms with Crippen LogP contribution in [0.2, 0.25) is 0 Å². The number of rotatable bonds is 5. The van der Waals surface area contributed by atoms with Gasteiger partial charge in [-0.1, -0.05) is 0 Å². The Balaban J connectivity index is 1.96. The Kier molecular flexibility index (Phi) is 4.20. The van der Waals surface area contributed by atoms with Crippen LogP contribution >= 0.6 is 0 Å². The number of carboxylic acid groups (broad SMARTS) is 1. The Hall–Kier alpha value is -2.38. The molecule has 1 aliphatic rings. The van der Waals surface area contributed by atoms with E-state index in [9.17, 15) is 14.4 Å². The molecule has 1 aromatic heterocycles. The van der Waals surface area contributed by atoms with Gasteiger partial charge in [-0.25, -0.2) is 0 Å². The Labute approximate surface area is 128 Å². The summed E-state index contributed by atoms with van der Waals surface area (Å²) in [5, 5.41) is 15.7. The van der Waals surface area contributed by atoms with E-state index in [-0.39, 0.29) is 12.3 Å². The molecule has 0 spiro atoms. The lowest BCUT2D eigenvalue weighted by Gasteiger charge is -2.20. The van der Waals surface area contributed by atoms with E-state index in [0.29, 0.717) is 18.7 Å². The molecule has 0 aliphatic carbocycles. The van der Waals surface area contributed by atoms with Crippen molar-refractivity contribution in [3.63, 3.8) is 0 Å². The van der Waals surface area contributed by atoms with Crippen LogP contribution in [-0.4, -0.2) is 45.3 Å². The summed E-state index contributed by atoms with van der Waals surface area (Å²) in [6.07, 6.45) is 3.65. The summed E-state index contributed by atoms with van der Waals surface area (Å²) >= 11 is 0. The Morgan fingerprint density at radius 3 is 2.73 bits per heavy atom. The van der Waals surface area contributed by atoms with E-state index in [4.69, 9.17) is 5.11 Å². The third kappa shape index (κ3) is 3.26. The molecule has 2 amide bonds. The van der Waals surface area contributed by atoms with Gasteiger partial charge >= 0.3 is 5.97 Å². The topological polar surface area (TPSA) is 105 Å². The summed E-state index contributed by atoms with van der Waals surface area (Å²) in [6, 6.07) is -0.614. The average Bonchev–Trinajstić information content (AvgIpc) is 2.96. The lowest BCUT2D eigenvalue weighted by atomic mass is 9.89. The molecule has 8 heteroatoms. The van der Waals surface area contributed by atoms with Crippen molar-refractivity contribution in [2.45, 2.75) is 32.7 Å². The van der Waals surface area contributed by atoms with Crippen molar-refractivity contribution in [2.24, 2.45) is 12.5 Å². The fourth-order valence-corrected chi connectivity index (χ4v) is 2.34. The molecule has 120 valence electrons. The molecule has 2 rings (SSSR count). The largest absolute Gasteiger partial charge is 0.481 e. The third-order valence-electron chi connectivity index (χ3n) is 3.73. The quantitative estimate of drug-likeness (QED) is 0.805. The maximum atomic E-state index is 12.3. The zero-order valence-corrected chi connectivity index (χ0v) is 12.9. The number of carboxylic acids is 1. The smallest absolute Gasteiger partial charge is 0.309 e. The summed E-state index contributed by atoms with van der Waals surface area (Å²) in [5.74, 6) is -1.68. The van der Waals surface area contributed by atoms with Crippen LogP contribution in [0.1, 0.15) is 26.7 Å². The van der Waals surface area contributed by atoms with Crippen molar-refractivity contribution in [2.75, 3.05) is 11.4 Å². The number of nitrogens with one attached hydrogen (secondary N) is 1. The minimum absolute atomic E-state index is 0.168. The highest BCUT2D eigenvalue weighted by atomic mass is 16.4. The van der Waals surface area contributed by atoms with E-state index in [1.165, 1.54) is 13.8 Å². The predicted octanol–water partition coefficient (Wildman–Crippen LogP) is 0.142. The van der Waals surface area contributed by atoms with E-state index in [1.807, 2.05) is 0 Å². The van der Waals surface area contributed by atoms with E-state index in [1.54, 1.807) is 29.0 Å². The summed E-state index contributed by atoms with van der Waals surface area (Å²) in [6.45, 7) is 3.46. The van der Waals surface area contributed by atoms with Gasteiger partial charge in [-0.05, 0) is 20.3 Å². The summed E-state index contributed by atoms with van der Waals surface area (Å²) in [5.41, 5.74) is -0.468. The molecule has 1 fully saturated rings. The summed E-state index contributed by atoms with van der Waals surface area (Å²) < 4.78 is 1.60. The van der Waals surface area contributed by atoms with E-state index < -0.39 is 23.3 Å². The molecule has 1 saturated heterocycles. The maximum Gasteiger partial charge on any atom is 0.309 e. The van der Waals surface area contributed by atoms with Crippen LogP contribution in [0.25, 0.3) is 0 Å². The van der Waals surface area contributed by atoms with Gasteiger partial charge in [0.1, 0.15) is 6.04 Å². The lowest BCUT2D eigenvalue weighted by molar-refractivity contribution is -0.149. The van der Waals surface area contributed by atoms with Crippen molar-refractivity contribution in [3.8, 4) is 0 Å². The van der Waals surface area contributed by atoms with Crippen LogP contribution in [0.3, 0.4) is 0 Å². The molecule has 1 unspecified atom stereocenters. The number of aliphatic carboxylic acids is 1. The Bertz CT molecular complexity index is 608. The normalized spacial score (nSPS) is 18.6. The molecule has 8 nitrogen and oxygen atoms in total. The van der Waals surface area contributed by atoms with E-state index in [0.717, 1.165) is 0 Å². The summed E-state index contributed by atoms with van der Waals surface area (Å²) in [4.78, 5) is 36.9. The van der Waals surface area contributed by atoms with Crippen molar-refractivity contribution in [1.29, 1.82) is 0 Å². The van der Waals surface area contributed by atoms with Crippen LogP contribution in [-0.2, 0) is 21.4 Å². The maximum absolute atomic E-state index is 12.3. The molecule has 1 atom stereocenters. The highest BCUT2D eigenvalue weighted by Crippen LogP contribution is 2.23. The van der Waals surface area contributed by atoms with Crippen molar-refractivity contribution < 1.29 is 19.5 Å². The zero-order valence-electron chi connectivity index (χ0n) is 12.9. The van der Waals surface area contributed by atoms with Gasteiger partial charge in [0.05, 0.1) is 17.3 Å². The van der Waals surface area contributed by atoms with Crippen molar-refractivity contribution in [1.82, 2.24) is 15.1 Å². The molecule has 22 heavy (non-hydrogen) atoms. The van der Waals surface area contributed by atoms with Gasteiger partial charge < -0.3 is 15.3 Å². The second-order valence-corrected chi connectivity index (χ2v) is 6.14. The predicted molar refractivity (Wildman–Crippen MR) is 78.1 cm³/mol. The van der Waals surface area contributed by atoms with Crippen LogP contribution in [0.4, 0.5) is 5.69 Å². The molecular weight excluding hydrogens is 288 g/mol. The van der Waals surface area contributed by atoms with Gasteiger partial charge in [0.25, 0.3) is 0 Å². The van der Waals surface area contributed by atoms with Gasteiger partial charge in [-0.2, -0.15) is 5.10 Å². The third-order valence-corrected chi connectivity index (χ3v) is 3.73. The van der Waals surface area contributed by atoms with Crippen LogP contribution in [0, 0.1) is 5.41 Å². The van der Waals surface area contributed by atoms with Crippen LogP contribution < -0.4 is 10.2 Å². The zero-order chi connectivity index (χ0) is 16.5. The number of carbonyl (C=O) groups excluding carboxylic acids is 2. The fraction of sp³-hybridized carbons (Fsp3) is 0.571. The first-order valence-electron chi connectivity index (χ1n) is 7.03. The van der Waals surface area contributed by atoms with E-state index >= 15 is 0 Å². The highest BCUT2D eigenvalue weighted by Gasteiger charge is 2.36. The molecular formula is C14H20N4O4.